The van der Waals surface area contributed by atoms with Crippen molar-refractivity contribution < 1.29 is 14.0 Å². The molecule has 1 aromatic heterocycles. The molecule has 1 atom stereocenters. The highest BCUT2D eigenvalue weighted by atomic mass is 35.5. The Hall–Kier alpha value is -4.43. The molecule has 9 heteroatoms. The number of hydrogen-bond donors (Lipinski definition) is 2. The molecule has 36 heavy (non-hydrogen) atoms. The fourth-order valence-corrected chi connectivity index (χ4v) is 4.31. The molecule has 1 unspecified atom stereocenters. The van der Waals surface area contributed by atoms with Crippen molar-refractivity contribution in [1.29, 1.82) is 0 Å². The third kappa shape index (κ3) is 4.58. The monoisotopic (exact) mass is 502 g/mol. The minimum atomic E-state index is -0.968. The molecule has 0 bridgehead atoms. The lowest BCUT2D eigenvalue weighted by atomic mass is 10.0. The number of benzene rings is 3. The first-order valence-electron chi connectivity index (χ1n) is 11.1. The summed E-state index contributed by atoms with van der Waals surface area (Å²) in [6, 6.07) is 21.1. The molecule has 1 aliphatic rings. The van der Waals surface area contributed by atoms with E-state index in [2.05, 4.69) is 10.6 Å². The Morgan fingerprint density at radius 3 is 2.42 bits per heavy atom. The van der Waals surface area contributed by atoms with E-state index >= 15 is 0 Å². The van der Waals surface area contributed by atoms with E-state index < -0.39 is 23.8 Å². The van der Waals surface area contributed by atoms with Gasteiger partial charge in [-0.15, -0.1) is 0 Å². The lowest BCUT2D eigenvalue weighted by Crippen LogP contribution is -2.39. The van der Waals surface area contributed by atoms with Gasteiger partial charge in [0.1, 0.15) is 11.9 Å². The van der Waals surface area contributed by atoms with E-state index in [0.717, 1.165) is 5.56 Å². The Morgan fingerprint density at radius 2 is 1.67 bits per heavy atom. The number of pyridine rings is 1. The molecule has 2 heterocycles. The number of carbonyl (C=O) groups excluding carboxylic acids is 2. The first-order valence-corrected chi connectivity index (χ1v) is 11.5. The molecule has 1 aliphatic heterocycles. The SMILES string of the molecule is O=C(Nc1ccc(-n2ccccc2=O)cc1F)C1c2ccccc2CN1C(=O)Nc1ccc(Cl)cc1. The van der Waals surface area contributed by atoms with Gasteiger partial charge in [-0.3, -0.25) is 14.2 Å². The van der Waals surface area contributed by atoms with E-state index in [9.17, 15) is 18.8 Å². The second-order valence-electron chi connectivity index (χ2n) is 8.23. The molecule has 180 valence electrons. The van der Waals surface area contributed by atoms with E-state index in [1.54, 1.807) is 48.5 Å². The van der Waals surface area contributed by atoms with Crippen molar-refractivity contribution in [2.24, 2.45) is 0 Å². The number of anilines is 2. The highest BCUT2D eigenvalue weighted by molar-refractivity contribution is 6.30. The van der Waals surface area contributed by atoms with Crippen molar-refractivity contribution in [3.05, 3.63) is 123 Å². The van der Waals surface area contributed by atoms with Gasteiger partial charge < -0.3 is 15.5 Å². The van der Waals surface area contributed by atoms with Gasteiger partial charge in [-0.1, -0.05) is 41.9 Å². The van der Waals surface area contributed by atoms with Crippen LogP contribution in [0.15, 0.2) is 95.9 Å². The van der Waals surface area contributed by atoms with Gasteiger partial charge in [-0.05, 0) is 53.6 Å². The van der Waals surface area contributed by atoms with Crippen molar-refractivity contribution in [3.8, 4) is 5.69 Å². The number of fused-ring (bicyclic) bond motifs is 1. The number of aromatic nitrogens is 1. The van der Waals surface area contributed by atoms with Gasteiger partial charge in [0, 0.05) is 35.6 Å². The fraction of sp³-hybridized carbons (Fsp3) is 0.0741. The van der Waals surface area contributed by atoms with Crippen LogP contribution in [-0.4, -0.2) is 21.4 Å². The number of amides is 3. The predicted molar refractivity (Wildman–Crippen MR) is 136 cm³/mol. The summed E-state index contributed by atoms with van der Waals surface area (Å²) in [4.78, 5) is 40.0. The van der Waals surface area contributed by atoms with Gasteiger partial charge in [-0.25, -0.2) is 9.18 Å². The molecule has 7 nitrogen and oxygen atoms in total. The van der Waals surface area contributed by atoms with Crippen LogP contribution in [-0.2, 0) is 11.3 Å². The molecule has 0 aliphatic carbocycles. The smallest absolute Gasteiger partial charge is 0.321 e. The van der Waals surface area contributed by atoms with Crippen LogP contribution in [0.2, 0.25) is 5.02 Å². The maximum absolute atomic E-state index is 15.0. The lowest BCUT2D eigenvalue weighted by Gasteiger charge is -2.25. The summed E-state index contributed by atoms with van der Waals surface area (Å²) < 4.78 is 16.2. The first-order chi connectivity index (χ1) is 17.4. The summed E-state index contributed by atoms with van der Waals surface area (Å²) in [5, 5.41) is 5.91. The Morgan fingerprint density at radius 1 is 0.917 bits per heavy atom. The number of carbonyl (C=O) groups is 2. The second kappa shape index (κ2) is 9.67. The lowest BCUT2D eigenvalue weighted by molar-refractivity contribution is -0.120. The molecular weight excluding hydrogens is 483 g/mol. The van der Waals surface area contributed by atoms with E-state index in [1.807, 2.05) is 12.1 Å². The van der Waals surface area contributed by atoms with Crippen LogP contribution in [0.1, 0.15) is 17.2 Å². The Labute approximate surface area is 210 Å². The van der Waals surface area contributed by atoms with E-state index in [4.69, 9.17) is 11.6 Å². The summed E-state index contributed by atoms with van der Waals surface area (Å²) in [6.07, 6.45) is 1.53. The number of hydrogen-bond acceptors (Lipinski definition) is 3. The molecule has 3 aromatic carbocycles. The summed E-state index contributed by atoms with van der Waals surface area (Å²) in [6.45, 7) is 0.214. The largest absolute Gasteiger partial charge is 0.323 e. The summed E-state index contributed by atoms with van der Waals surface area (Å²) in [7, 11) is 0. The number of rotatable bonds is 4. The standard InChI is InChI=1S/C27H20ClFN4O3/c28-18-8-10-19(11-9-18)30-27(36)33-16-17-5-1-2-6-21(17)25(33)26(35)31-23-13-12-20(15-22(23)29)32-14-4-3-7-24(32)34/h1-15,25H,16H2,(H,30,36)(H,31,35). The number of nitrogens with one attached hydrogen (secondary N) is 2. The maximum atomic E-state index is 15.0. The van der Waals surface area contributed by atoms with Crippen LogP contribution in [0.3, 0.4) is 0 Å². The average molecular weight is 503 g/mol. The van der Waals surface area contributed by atoms with Gasteiger partial charge in [0.2, 0.25) is 0 Å². The minimum Gasteiger partial charge on any atom is -0.321 e. The molecule has 0 saturated carbocycles. The van der Waals surface area contributed by atoms with Crippen LogP contribution in [0, 0.1) is 5.82 Å². The first kappa shape index (κ1) is 23.3. The van der Waals surface area contributed by atoms with Crippen LogP contribution < -0.4 is 16.2 Å². The van der Waals surface area contributed by atoms with E-state index in [-0.39, 0.29) is 17.8 Å². The Kier molecular flexibility index (Phi) is 6.26. The van der Waals surface area contributed by atoms with E-state index in [1.165, 1.54) is 39.9 Å². The van der Waals surface area contributed by atoms with Gasteiger partial charge >= 0.3 is 6.03 Å². The summed E-state index contributed by atoms with van der Waals surface area (Å²) >= 11 is 5.92. The molecule has 0 fully saturated rings. The Bertz CT molecular complexity index is 1520. The third-order valence-corrected chi connectivity index (χ3v) is 6.17. The van der Waals surface area contributed by atoms with Crippen molar-refractivity contribution in [2.75, 3.05) is 10.6 Å². The van der Waals surface area contributed by atoms with Crippen molar-refractivity contribution >= 4 is 34.9 Å². The van der Waals surface area contributed by atoms with Crippen molar-refractivity contribution in [3.63, 3.8) is 0 Å². The highest BCUT2D eigenvalue weighted by Crippen LogP contribution is 2.35. The topological polar surface area (TPSA) is 83.4 Å². The molecule has 4 aromatic rings. The molecule has 2 N–H and O–H groups in total. The highest BCUT2D eigenvalue weighted by Gasteiger charge is 2.38. The molecular formula is C27H20ClFN4O3. The average Bonchev–Trinajstić information content (AvgIpc) is 3.27. The van der Waals surface area contributed by atoms with Crippen LogP contribution in [0.5, 0.6) is 0 Å². The number of urea groups is 1. The molecule has 0 spiro atoms. The zero-order valence-corrected chi connectivity index (χ0v) is 19.6. The van der Waals surface area contributed by atoms with Gasteiger partial charge in [-0.2, -0.15) is 0 Å². The third-order valence-electron chi connectivity index (χ3n) is 5.92. The zero-order chi connectivity index (χ0) is 25.2. The molecule has 0 radical (unpaired) electrons. The Balaban J connectivity index is 1.40. The number of nitrogens with zero attached hydrogens (tertiary/aromatic N) is 2. The fourth-order valence-electron chi connectivity index (χ4n) is 4.18. The maximum Gasteiger partial charge on any atom is 0.323 e. The van der Waals surface area contributed by atoms with Crippen LogP contribution >= 0.6 is 11.6 Å². The zero-order valence-electron chi connectivity index (χ0n) is 18.8. The molecule has 3 amide bonds. The van der Waals surface area contributed by atoms with Gasteiger partial charge in [0.25, 0.3) is 11.5 Å². The summed E-state index contributed by atoms with van der Waals surface area (Å²) in [5.74, 6) is -1.27. The molecule has 0 saturated heterocycles. The molecule has 5 rings (SSSR count). The van der Waals surface area contributed by atoms with E-state index in [0.29, 0.717) is 22.0 Å². The predicted octanol–water partition coefficient (Wildman–Crippen LogP) is 5.36. The normalized spacial score (nSPS) is 14.3. The van der Waals surface area contributed by atoms with Crippen molar-refractivity contribution in [1.82, 2.24) is 9.47 Å². The van der Waals surface area contributed by atoms with Crippen molar-refractivity contribution in [2.45, 2.75) is 12.6 Å². The number of halogens is 2. The van der Waals surface area contributed by atoms with Crippen LogP contribution in [0.25, 0.3) is 5.69 Å². The minimum absolute atomic E-state index is 0.0600. The summed E-state index contributed by atoms with van der Waals surface area (Å²) in [5.41, 5.74) is 1.97. The van der Waals surface area contributed by atoms with Gasteiger partial charge in [0.05, 0.1) is 11.4 Å². The quantitative estimate of drug-likeness (QED) is 0.394. The van der Waals surface area contributed by atoms with Crippen LogP contribution in [0.4, 0.5) is 20.6 Å². The van der Waals surface area contributed by atoms with Gasteiger partial charge in [0.15, 0.2) is 0 Å². The second-order valence-corrected chi connectivity index (χ2v) is 8.67.